The first kappa shape index (κ1) is 12.4. The quantitative estimate of drug-likeness (QED) is 0.871. The highest BCUT2D eigenvalue weighted by Crippen LogP contribution is 2.44. The SMILES string of the molecule is OC(c1ccccc1)(c1ccccc1)C1CCCC1. The highest BCUT2D eigenvalue weighted by atomic mass is 16.3. The van der Waals surface area contributed by atoms with Gasteiger partial charge in [-0.2, -0.15) is 0 Å². The van der Waals surface area contributed by atoms with Gasteiger partial charge >= 0.3 is 0 Å². The van der Waals surface area contributed by atoms with Crippen LogP contribution in [0.4, 0.5) is 0 Å². The maximum atomic E-state index is 11.5. The van der Waals surface area contributed by atoms with Gasteiger partial charge in [0.25, 0.3) is 0 Å². The monoisotopic (exact) mass is 252 g/mol. The molecule has 0 amide bonds. The summed E-state index contributed by atoms with van der Waals surface area (Å²) in [5, 5.41) is 11.5. The number of hydrogen-bond acceptors (Lipinski definition) is 1. The van der Waals surface area contributed by atoms with Crippen molar-refractivity contribution in [1.29, 1.82) is 0 Å². The summed E-state index contributed by atoms with van der Waals surface area (Å²) in [5.74, 6) is 0.331. The van der Waals surface area contributed by atoms with E-state index in [0.29, 0.717) is 5.92 Å². The van der Waals surface area contributed by atoms with Gasteiger partial charge in [0, 0.05) is 0 Å². The van der Waals surface area contributed by atoms with Gasteiger partial charge in [0.05, 0.1) is 0 Å². The molecule has 0 aliphatic heterocycles. The van der Waals surface area contributed by atoms with Crippen LogP contribution in [0.15, 0.2) is 60.7 Å². The zero-order valence-electron chi connectivity index (χ0n) is 11.1. The minimum Gasteiger partial charge on any atom is -0.380 e. The highest BCUT2D eigenvalue weighted by molar-refractivity contribution is 5.37. The molecule has 1 heteroatoms. The number of hydrogen-bond donors (Lipinski definition) is 1. The fourth-order valence-electron chi connectivity index (χ4n) is 3.37. The third-order valence-electron chi connectivity index (χ3n) is 4.37. The predicted molar refractivity (Wildman–Crippen MR) is 77.8 cm³/mol. The minimum absolute atomic E-state index is 0.331. The van der Waals surface area contributed by atoms with Gasteiger partial charge in [0.2, 0.25) is 0 Å². The van der Waals surface area contributed by atoms with Gasteiger partial charge in [-0.25, -0.2) is 0 Å². The van der Waals surface area contributed by atoms with Crippen molar-refractivity contribution in [2.45, 2.75) is 31.3 Å². The van der Waals surface area contributed by atoms with Crippen LogP contribution in [0.2, 0.25) is 0 Å². The van der Waals surface area contributed by atoms with E-state index < -0.39 is 5.60 Å². The molecule has 0 saturated heterocycles. The van der Waals surface area contributed by atoms with E-state index in [0.717, 1.165) is 24.0 Å². The molecule has 2 aromatic rings. The van der Waals surface area contributed by atoms with E-state index in [9.17, 15) is 5.11 Å². The molecule has 0 aromatic heterocycles. The van der Waals surface area contributed by atoms with Crippen LogP contribution in [-0.2, 0) is 5.60 Å². The van der Waals surface area contributed by atoms with Crippen molar-refractivity contribution < 1.29 is 5.11 Å². The first-order chi connectivity index (χ1) is 9.32. The lowest BCUT2D eigenvalue weighted by atomic mass is 9.75. The van der Waals surface area contributed by atoms with Crippen LogP contribution >= 0.6 is 0 Å². The van der Waals surface area contributed by atoms with E-state index >= 15 is 0 Å². The Kier molecular flexibility index (Phi) is 3.39. The molecule has 0 bridgehead atoms. The molecule has 0 unspecified atom stereocenters. The Morgan fingerprint density at radius 3 is 1.58 bits per heavy atom. The molecule has 98 valence electrons. The van der Waals surface area contributed by atoms with E-state index in [1.54, 1.807) is 0 Å². The summed E-state index contributed by atoms with van der Waals surface area (Å²) in [4.78, 5) is 0. The van der Waals surface area contributed by atoms with Crippen LogP contribution in [0.25, 0.3) is 0 Å². The zero-order chi connectivity index (χ0) is 13.1. The van der Waals surface area contributed by atoms with Crippen LogP contribution < -0.4 is 0 Å². The topological polar surface area (TPSA) is 20.2 Å². The van der Waals surface area contributed by atoms with Crippen molar-refractivity contribution in [3.8, 4) is 0 Å². The maximum Gasteiger partial charge on any atom is 0.117 e. The van der Waals surface area contributed by atoms with Gasteiger partial charge in [-0.1, -0.05) is 73.5 Å². The first-order valence-electron chi connectivity index (χ1n) is 7.15. The molecule has 1 nitrogen and oxygen atoms in total. The second-order valence-electron chi connectivity index (χ2n) is 5.48. The summed E-state index contributed by atoms with van der Waals surface area (Å²) in [7, 11) is 0. The fraction of sp³-hybridized carbons (Fsp3) is 0.333. The van der Waals surface area contributed by atoms with E-state index in [2.05, 4.69) is 0 Å². The molecular weight excluding hydrogens is 232 g/mol. The summed E-state index contributed by atoms with van der Waals surface area (Å²) >= 11 is 0. The molecule has 0 radical (unpaired) electrons. The van der Waals surface area contributed by atoms with Crippen molar-refractivity contribution in [3.05, 3.63) is 71.8 Å². The highest BCUT2D eigenvalue weighted by Gasteiger charge is 2.41. The zero-order valence-corrected chi connectivity index (χ0v) is 11.1. The van der Waals surface area contributed by atoms with Crippen molar-refractivity contribution in [2.24, 2.45) is 5.92 Å². The lowest BCUT2D eigenvalue weighted by Gasteiger charge is -2.35. The molecule has 0 spiro atoms. The second kappa shape index (κ2) is 5.18. The van der Waals surface area contributed by atoms with E-state index in [1.165, 1.54) is 12.8 Å². The summed E-state index contributed by atoms with van der Waals surface area (Å²) in [6.07, 6.45) is 4.68. The number of aliphatic hydroxyl groups is 1. The molecule has 3 rings (SSSR count). The summed E-state index contributed by atoms with van der Waals surface area (Å²) in [6, 6.07) is 20.2. The average Bonchev–Trinajstić information content (AvgIpc) is 3.03. The van der Waals surface area contributed by atoms with Crippen LogP contribution in [0, 0.1) is 5.92 Å². The van der Waals surface area contributed by atoms with Gasteiger partial charge in [0.15, 0.2) is 0 Å². The molecule has 0 heterocycles. The Labute approximate surface area is 114 Å². The summed E-state index contributed by atoms with van der Waals surface area (Å²) in [6.45, 7) is 0. The van der Waals surface area contributed by atoms with E-state index in [4.69, 9.17) is 0 Å². The van der Waals surface area contributed by atoms with Crippen LogP contribution in [0.1, 0.15) is 36.8 Å². The molecule has 0 atom stereocenters. The Balaban J connectivity index is 2.10. The standard InChI is InChI=1S/C18H20O/c19-18(17-13-7-8-14-17,15-9-3-1-4-10-15)16-11-5-2-6-12-16/h1-6,9-12,17,19H,7-8,13-14H2. The van der Waals surface area contributed by atoms with Crippen molar-refractivity contribution in [1.82, 2.24) is 0 Å². The molecular formula is C18H20O. The molecule has 1 aliphatic rings. The smallest absolute Gasteiger partial charge is 0.117 e. The van der Waals surface area contributed by atoms with E-state index in [1.807, 2.05) is 60.7 Å². The molecule has 1 saturated carbocycles. The normalized spacial score (nSPS) is 16.7. The lowest BCUT2D eigenvalue weighted by molar-refractivity contribution is 0.0188. The maximum absolute atomic E-state index is 11.5. The fourth-order valence-corrected chi connectivity index (χ4v) is 3.37. The lowest BCUT2D eigenvalue weighted by Crippen LogP contribution is -2.35. The second-order valence-corrected chi connectivity index (χ2v) is 5.48. The van der Waals surface area contributed by atoms with Gasteiger partial charge < -0.3 is 5.11 Å². The molecule has 2 aromatic carbocycles. The van der Waals surface area contributed by atoms with Gasteiger partial charge in [0.1, 0.15) is 5.60 Å². The van der Waals surface area contributed by atoms with Gasteiger partial charge in [-0.15, -0.1) is 0 Å². The average molecular weight is 252 g/mol. The van der Waals surface area contributed by atoms with Crippen molar-refractivity contribution >= 4 is 0 Å². The Morgan fingerprint density at radius 1 is 0.737 bits per heavy atom. The minimum atomic E-state index is -0.834. The summed E-state index contributed by atoms with van der Waals surface area (Å²) in [5.41, 5.74) is 1.21. The largest absolute Gasteiger partial charge is 0.380 e. The van der Waals surface area contributed by atoms with E-state index in [-0.39, 0.29) is 0 Å². The van der Waals surface area contributed by atoms with Gasteiger partial charge in [-0.3, -0.25) is 0 Å². The molecule has 1 fully saturated rings. The molecule has 19 heavy (non-hydrogen) atoms. The van der Waals surface area contributed by atoms with Crippen molar-refractivity contribution in [2.75, 3.05) is 0 Å². The third-order valence-corrected chi connectivity index (χ3v) is 4.37. The summed E-state index contributed by atoms with van der Waals surface area (Å²) < 4.78 is 0. The molecule has 1 N–H and O–H groups in total. The first-order valence-corrected chi connectivity index (χ1v) is 7.15. The Bertz CT molecular complexity index is 472. The van der Waals surface area contributed by atoms with Crippen LogP contribution in [-0.4, -0.2) is 5.11 Å². The number of benzene rings is 2. The van der Waals surface area contributed by atoms with Crippen LogP contribution in [0.5, 0.6) is 0 Å². The van der Waals surface area contributed by atoms with Crippen molar-refractivity contribution in [3.63, 3.8) is 0 Å². The Hall–Kier alpha value is -1.60. The number of rotatable bonds is 3. The molecule has 1 aliphatic carbocycles. The van der Waals surface area contributed by atoms with Gasteiger partial charge in [-0.05, 0) is 29.9 Å². The Morgan fingerprint density at radius 2 is 1.16 bits per heavy atom. The predicted octanol–water partition coefficient (Wildman–Crippen LogP) is 4.11. The third kappa shape index (κ3) is 2.19. The van der Waals surface area contributed by atoms with Crippen LogP contribution in [0.3, 0.4) is 0 Å².